The summed E-state index contributed by atoms with van der Waals surface area (Å²) in [6.45, 7) is 2.02. The Labute approximate surface area is 118 Å². The van der Waals surface area contributed by atoms with Gasteiger partial charge in [0.05, 0.1) is 9.89 Å². The molecule has 0 bridgehead atoms. The van der Waals surface area contributed by atoms with Gasteiger partial charge in [0.1, 0.15) is 0 Å². The Morgan fingerprint density at radius 1 is 1.35 bits per heavy atom. The number of halogens is 2. The highest BCUT2D eigenvalue weighted by Gasteiger charge is 2.14. The van der Waals surface area contributed by atoms with Gasteiger partial charge in [0.15, 0.2) is 0 Å². The maximum absolute atomic E-state index is 10.2. The fourth-order valence-electron chi connectivity index (χ4n) is 1.74. The van der Waals surface area contributed by atoms with Crippen molar-refractivity contribution in [2.24, 2.45) is 0 Å². The molecule has 1 atom stereocenters. The molecule has 0 radical (unpaired) electrons. The van der Waals surface area contributed by atoms with Crippen LogP contribution in [-0.2, 0) is 6.42 Å². The van der Waals surface area contributed by atoms with Gasteiger partial charge in [-0.05, 0) is 52.2 Å². The van der Waals surface area contributed by atoms with Gasteiger partial charge in [-0.3, -0.25) is 0 Å². The quantitative estimate of drug-likeness (QED) is 0.860. The Hall–Kier alpha value is -0.350. The highest BCUT2D eigenvalue weighted by Crippen LogP contribution is 2.32. The molecular weight excluding hydrogens is 320 g/mol. The zero-order chi connectivity index (χ0) is 12.4. The third-order valence-electron chi connectivity index (χ3n) is 2.63. The number of aliphatic hydroxyl groups is 1. The topological polar surface area (TPSA) is 20.2 Å². The first kappa shape index (κ1) is 13.1. The largest absolute Gasteiger partial charge is 0.388 e. The maximum atomic E-state index is 10.2. The van der Waals surface area contributed by atoms with Crippen molar-refractivity contribution in [3.05, 3.63) is 55.1 Å². The zero-order valence-electron chi connectivity index (χ0n) is 9.28. The van der Waals surface area contributed by atoms with E-state index in [-0.39, 0.29) is 0 Å². The summed E-state index contributed by atoms with van der Waals surface area (Å²) in [6, 6.07) is 9.57. The Morgan fingerprint density at radius 2 is 2.00 bits per heavy atom. The van der Waals surface area contributed by atoms with Gasteiger partial charge in [0.25, 0.3) is 0 Å². The molecule has 2 aromatic rings. The summed E-state index contributed by atoms with van der Waals surface area (Å²) < 4.78 is 1.06. The highest BCUT2D eigenvalue weighted by atomic mass is 79.9. The Balaban J connectivity index is 2.14. The van der Waals surface area contributed by atoms with E-state index >= 15 is 0 Å². The third-order valence-corrected chi connectivity index (χ3v) is 4.45. The van der Waals surface area contributed by atoms with Gasteiger partial charge < -0.3 is 5.11 Å². The first-order valence-electron chi connectivity index (χ1n) is 5.24. The number of hydrogen-bond acceptors (Lipinski definition) is 2. The predicted molar refractivity (Wildman–Crippen MR) is 76.9 cm³/mol. The summed E-state index contributed by atoms with van der Waals surface area (Å²) in [5, 5.41) is 10.9. The summed E-state index contributed by atoms with van der Waals surface area (Å²) in [5.74, 6) is 0. The summed E-state index contributed by atoms with van der Waals surface area (Å²) >= 11 is 10.9. The average Bonchev–Trinajstić information content (AvgIpc) is 2.61. The Morgan fingerprint density at radius 3 is 2.53 bits per heavy atom. The summed E-state index contributed by atoms with van der Waals surface area (Å²) in [7, 11) is 0. The van der Waals surface area contributed by atoms with Gasteiger partial charge in [-0.1, -0.05) is 23.7 Å². The average molecular weight is 332 g/mol. The fourth-order valence-corrected chi connectivity index (χ4v) is 3.64. The van der Waals surface area contributed by atoms with Gasteiger partial charge in [-0.2, -0.15) is 0 Å². The number of benzene rings is 1. The molecule has 90 valence electrons. The van der Waals surface area contributed by atoms with Crippen molar-refractivity contribution in [2.45, 2.75) is 19.4 Å². The Kier molecular flexibility index (Phi) is 4.26. The second kappa shape index (κ2) is 5.53. The molecule has 0 saturated carbocycles. The van der Waals surface area contributed by atoms with Crippen LogP contribution in [0.4, 0.5) is 0 Å². The summed E-state index contributed by atoms with van der Waals surface area (Å²) in [6.07, 6.45) is 0.153. The molecule has 2 rings (SSSR count). The van der Waals surface area contributed by atoms with Crippen LogP contribution in [0.1, 0.15) is 22.1 Å². The van der Waals surface area contributed by atoms with Crippen LogP contribution in [0, 0.1) is 6.92 Å². The SMILES string of the molecule is Cc1sc(Br)cc1C(O)Cc1ccc(Cl)cc1. The number of aryl methyl sites for hydroxylation is 1. The highest BCUT2D eigenvalue weighted by molar-refractivity contribution is 9.11. The predicted octanol–water partition coefficient (Wildman–Crippen LogP) is 4.75. The van der Waals surface area contributed by atoms with Gasteiger partial charge in [0, 0.05) is 16.3 Å². The number of thiophene rings is 1. The molecule has 1 N–H and O–H groups in total. The van der Waals surface area contributed by atoms with Crippen LogP contribution in [0.25, 0.3) is 0 Å². The molecular formula is C13H12BrClOS. The molecule has 4 heteroatoms. The van der Waals surface area contributed by atoms with Gasteiger partial charge in [-0.15, -0.1) is 11.3 Å². The molecule has 1 nitrogen and oxygen atoms in total. The molecule has 0 aliphatic heterocycles. The lowest BCUT2D eigenvalue weighted by Gasteiger charge is -2.10. The minimum atomic E-state index is -0.460. The van der Waals surface area contributed by atoms with E-state index in [1.807, 2.05) is 37.3 Å². The minimum absolute atomic E-state index is 0.460. The monoisotopic (exact) mass is 330 g/mol. The molecule has 0 saturated heterocycles. The van der Waals surface area contributed by atoms with E-state index in [4.69, 9.17) is 11.6 Å². The van der Waals surface area contributed by atoms with Gasteiger partial charge in [-0.25, -0.2) is 0 Å². The van der Waals surface area contributed by atoms with Crippen molar-refractivity contribution < 1.29 is 5.11 Å². The van der Waals surface area contributed by atoms with Crippen LogP contribution in [0.5, 0.6) is 0 Å². The van der Waals surface area contributed by atoms with E-state index in [9.17, 15) is 5.11 Å². The molecule has 1 unspecified atom stereocenters. The summed E-state index contributed by atoms with van der Waals surface area (Å²) in [4.78, 5) is 1.15. The third kappa shape index (κ3) is 3.32. The van der Waals surface area contributed by atoms with Gasteiger partial charge in [0.2, 0.25) is 0 Å². The lowest BCUT2D eigenvalue weighted by molar-refractivity contribution is 0.178. The number of hydrogen-bond donors (Lipinski definition) is 1. The van der Waals surface area contributed by atoms with Crippen molar-refractivity contribution in [1.29, 1.82) is 0 Å². The van der Waals surface area contributed by atoms with Crippen molar-refractivity contribution in [1.82, 2.24) is 0 Å². The number of rotatable bonds is 3. The fraction of sp³-hybridized carbons (Fsp3) is 0.231. The van der Waals surface area contributed by atoms with Crippen LogP contribution in [0.3, 0.4) is 0 Å². The number of aliphatic hydroxyl groups excluding tert-OH is 1. The van der Waals surface area contributed by atoms with Crippen molar-refractivity contribution >= 4 is 38.9 Å². The van der Waals surface area contributed by atoms with Crippen LogP contribution >= 0.6 is 38.9 Å². The molecule has 1 aromatic carbocycles. The molecule has 1 aromatic heterocycles. The van der Waals surface area contributed by atoms with E-state index in [0.29, 0.717) is 6.42 Å². The lowest BCUT2D eigenvalue weighted by Crippen LogP contribution is -2.01. The standard InChI is InChI=1S/C13H12BrClOS/c1-8-11(7-13(14)17-8)12(16)6-9-2-4-10(15)5-3-9/h2-5,7,12,16H,6H2,1H3. The van der Waals surface area contributed by atoms with Crippen LogP contribution < -0.4 is 0 Å². The molecule has 0 amide bonds. The normalized spacial score (nSPS) is 12.7. The van der Waals surface area contributed by atoms with E-state index in [1.54, 1.807) is 11.3 Å². The molecule has 0 spiro atoms. The molecule has 0 fully saturated rings. The van der Waals surface area contributed by atoms with Crippen LogP contribution in [0.2, 0.25) is 5.02 Å². The van der Waals surface area contributed by atoms with Crippen LogP contribution in [-0.4, -0.2) is 5.11 Å². The Bertz CT molecular complexity index is 507. The first-order valence-corrected chi connectivity index (χ1v) is 7.23. The van der Waals surface area contributed by atoms with Gasteiger partial charge >= 0.3 is 0 Å². The van der Waals surface area contributed by atoms with Crippen molar-refractivity contribution in [3.63, 3.8) is 0 Å². The van der Waals surface area contributed by atoms with E-state index in [0.717, 1.165) is 24.8 Å². The smallest absolute Gasteiger partial charge is 0.0841 e. The first-order chi connectivity index (χ1) is 8.06. The molecule has 1 heterocycles. The lowest BCUT2D eigenvalue weighted by atomic mass is 10.0. The van der Waals surface area contributed by atoms with E-state index in [2.05, 4.69) is 15.9 Å². The minimum Gasteiger partial charge on any atom is -0.388 e. The molecule has 0 aliphatic rings. The van der Waals surface area contributed by atoms with Crippen molar-refractivity contribution in [2.75, 3.05) is 0 Å². The molecule has 0 aliphatic carbocycles. The van der Waals surface area contributed by atoms with Crippen molar-refractivity contribution in [3.8, 4) is 0 Å². The summed E-state index contributed by atoms with van der Waals surface area (Å²) in [5.41, 5.74) is 2.08. The molecule has 17 heavy (non-hydrogen) atoms. The second-order valence-corrected chi connectivity index (χ2v) is 6.98. The van der Waals surface area contributed by atoms with E-state index < -0.39 is 6.10 Å². The zero-order valence-corrected chi connectivity index (χ0v) is 12.4. The second-order valence-electron chi connectivity index (χ2n) is 3.91. The van der Waals surface area contributed by atoms with E-state index in [1.165, 1.54) is 0 Å². The maximum Gasteiger partial charge on any atom is 0.0841 e. The van der Waals surface area contributed by atoms with Crippen LogP contribution in [0.15, 0.2) is 34.1 Å².